The van der Waals surface area contributed by atoms with E-state index in [1.165, 1.54) is 35.6 Å². The topological polar surface area (TPSA) is 78.9 Å². The molecule has 5 atom stereocenters. The lowest BCUT2D eigenvalue weighted by Gasteiger charge is -2.46. The number of allylic oxidation sites excluding steroid dienone is 3. The van der Waals surface area contributed by atoms with Crippen LogP contribution in [0, 0.1) is 11.3 Å². The van der Waals surface area contributed by atoms with Gasteiger partial charge in [-0.2, -0.15) is 0 Å². The van der Waals surface area contributed by atoms with Gasteiger partial charge in [0.2, 0.25) is 0 Å². The van der Waals surface area contributed by atoms with Crippen molar-refractivity contribution in [3.8, 4) is 0 Å². The van der Waals surface area contributed by atoms with Crippen molar-refractivity contribution in [2.24, 2.45) is 11.3 Å². The first-order chi connectivity index (χ1) is 17.3. The number of methoxy groups -OCH3 is 1. The number of carbonyl (C=O) groups is 3. The van der Waals surface area contributed by atoms with Crippen LogP contribution in [0.15, 0.2) is 66.8 Å². The quantitative estimate of drug-likeness (QED) is 0.340. The van der Waals surface area contributed by atoms with Crippen LogP contribution in [0.5, 0.6) is 0 Å². The van der Waals surface area contributed by atoms with Crippen LogP contribution < -0.4 is 0 Å². The van der Waals surface area contributed by atoms with Crippen molar-refractivity contribution in [2.45, 2.75) is 63.4 Å². The Balaban J connectivity index is 1.40. The summed E-state index contributed by atoms with van der Waals surface area (Å²) in [5.74, 6) is -2.31. The number of carbonyl (C=O) groups excluding carboxylic acids is 3. The van der Waals surface area contributed by atoms with Crippen LogP contribution in [-0.2, 0) is 34.0 Å². The van der Waals surface area contributed by atoms with Gasteiger partial charge in [-0.05, 0) is 54.2 Å². The Bertz CT molecular complexity index is 1260. The van der Waals surface area contributed by atoms with E-state index < -0.39 is 35.5 Å². The second-order valence-electron chi connectivity index (χ2n) is 10.5. The number of fused-ring (bicyclic) bond motifs is 2. The minimum absolute atomic E-state index is 0.126. The summed E-state index contributed by atoms with van der Waals surface area (Å²) in [7, 11) is 1.23. The Morgan fingerprint density at radius 3 is 2.61 bits per heavy atom. The molecular formula is C30H32O6. The summed E-state index contributed by atoms with van der Waals surface area (Å²) in [6.45, 7) is 4.34. The minimum atomic E-state index is -1.72. The number of ketones is 2. The second-order valence-corrected chi connectivity index (χ2v) is 10.5. The average molecular weight is 489 g/mol. The summed E-state index contributed by atoms with van der Waals surface area (Å²) in [4.78, 5) is 38.9. The number of ether oxygens (including phenoxy) is 3. The van der Waals surface area contributed by atoms with Crippen molar-refractivity contribution in [1.82, 2.24) is 0 Å². The van der Waals surface area contributed by atoms with Crippen molar-refractivity contribution in [3.63, 3.8) is 0 Å². The SMILES string of the molecule is COC(=O)[C@@]12C(=O)C=CC(=O)[C@@H]1CC=C[C@@H]2O[C@H]1CCC[C@H](C(C)(C)c2ccc3ccccc3c2)O1. The predicted octanol–water partition coefficient (Wildman–Crippen LogP) is 4.84. The van der Waals surface area contributed by atoms with E-state index in [0.29, 0.717) is 6.42 Å². The molecule has 2 aliphatic carbocycles. The van der Waals surface area contributed by atoms with E-state index >= 15 is 0 Å². The van der Waals surface area contributed by atoms with Gasteiger partial charge in [0.1, 0.15) is 6.10 Å². The summed E-state index contributed by atoms with van der Waals surface area (Å²) in [5, 5.41) is 2.37. The Kier molecular flexibility index (Phi) is 6.43. The summed E-state index contributed by atoms with van der Waals surface area (Å²) in [6.07, 6.45) is 6.92. The third-order valence-corrected chi connectivity index (χ3v) is 8.17. The van der Waals surface area contributed by atoms with Crippen molar-refractivity contribution in [1.29, 1.82) is 0 Å². The van der Waals surface area contributed by atoms with E-state index in [0.717, 1.165) is 12.8 Å². The molecule has 0 unspecified atom stereocenters. The molecule has 1 aliphatic heterocycles. The van der Waals surface area contributed by atoms with Crippen molar-refractivity contribution in [2.75, 3.05) is 7.11 Å². The summed E-state index contributed by atoms with van der Waals surface area (Å²) in [6, 6.07) is 14.8. The summed E-state index contributed by atoms with van der Waals surface area (Å²) >= 11 is 0. The van der Waals surface area contributed by atoms with Gasteiger partial charge < -0.3 is 14.2 Å². The fourth-order valence-corrected chi connectivity index (χ4v) is 5.98. The molecule has 6 heteroatoms. The molecule has 1 saturated heterocycles. The molecule has 2 aromatic rings. The molecule has 0 saturated carbocycles. The zero-order valence-corrected chi connectivity index (χ0v) is 20.9. The van der Waals surface area contributed by atoms with Crippen LogP contribution in [0.3, 0.4) is 0 Å². The lowest BCUT2D eigenvalue weighted by molar-refractivity contribution is -0.239. The van der Waals surface area contributed by atoms with E-state index in [2.05, 4.69) is 44.2 Å². The number of rotatable bonds is 5. The summed E-state index contributed by atoms with van der Waals surface area (Å²) < 4.78 is 17.9. The molecule has 1 heterocycles. The van der Waals surface area contributed by atoms with Crippen LogP contribution in [0.25, 0.3) is 10.8 Å². The molecule has 2 aromatic carbocycles. The number of hydrogen-bond acceptors (Lipinski definition) is 6. The second kappa shape index (κ2) is 9.41. The standard InChI is InChI=1S/C30H32O6/c1-29(2,21-15-14-19-8-4-5-9-20(19)18-21)25-11-7-13-27(35-25)36-26-12-6-10-22-23(31)16-17-24(32)30(22,26)28(33)34-3/h4-6,8-9,12,14-18,22,25-27H,7,10-11,13H2,1-3H3/t22-,25+,26-,27-,30+/m0/s1. The minimum Gasteiger partial charge on any atom is -0.468 e. The Morgan fingerprint density at radius 2 is 1.83 bits per heavy atom. The molecular weight excluding hydrogens is 456 g/mol. The zero-order chi connectivity index (χ0) is 25.5. The fraction of sp³-hybridized carbons (Fsp3) is 0.433. The molecule has 0 spiro atoms. The normalized spacial score (nSPS) is 30.3. The maximum absolute atomic E-state index is 13.2. The van der Waals surface area contributed by atoms with Gasteiger partial charge in [0, 0.05) is 5.41 Å². The molecule has 36 heavy (non-hydrogen) atoms. The molecule has 188 valence electrons. The predicted molar refractivity (Wildman–Crippen MR) is 135 cm³/mol. The first-order valence-electron chi connectivity index (χ1n) is 12.6. The van der Waals surface area contributed by atoms with E-state index in [-0.39, 0.29) is 23.7 Å². The first kappa shape index (κ1) is 24.6. The molecule has 0 amide bonds. The molecule has 6 nitrogen and oxygen atoms in total. The van der Waals surface area contributed by atoms with Crippen LogP contribution in [-0.4, -0.2) is 43.1 Å². The van der Waals surface area contributed by atoms with Gasteiger partial charge in [0.15, 0.2) is 23.3 Å². The van der Waals surface area contributed by atoms with Gasteiger partial charge >= 0.3 is 5.97 Å². The van der Waals surface area contributed by atoms with Crippen LogP contribution in [0.1, 0.15) is 45.1 Å². The van der Waals surface area contributed by atoms with Crippen molar-refractivity contribution >= 4 is 28.3 Å². The fourth-order valence-electron chi connectivity index (χ4n) is 5.98. The number of esters is 1. The monoisotopic (exact) mass is 488 g/mol. The van der Waals surface area contributed by atoms with Crippen LogP contribution >= 0.6 is 0 Å². The highest BCUT2D eigenvalue weighted by Gasteiger charge is 2.62. The number of benzene rings is 2. The van der Waals surface area contributed by atoms with E-state index in [1.807, 2.05) is 12.1 Å². The Hall–Kier alpha value is -3.09. The maximum atomic E-state index is 13.2. The third kappa shape index (κ3) is 3.93. The van der Waals surface area contributed by atoms with Crippen LogP contribution in [0.4, 0.5) is 0 Å². The third-order valence-electron chi connectivity index (χ3n) is 8.17. The van der Waals surface area contributed by atoms with Gasteiger partial charge in [0.05, 0.1) is 19.1 Å². The first-order valence-corrected chi connectivity index (χ1v) is 12.6. The zero-order valence-electron chi connectivity index (χ0n) is 20.9. The lowest BCUT2D eigenvalue weighted by atomic mass is 9.60. The molecule has 0 radical (unpaired) electrons. The molecule has 1 fully saturated rings. The molecule has 0 bridgehead atoms. The van der Waals surface area contributed by atoms with E-state index in [9.17, 15) is 14.4 Å². The molecule has 5 rings (SSSR count). The van der Waals surface area contributed by atoms with Gasteiger partial charge in [-0.1, -0.05) is 68.5 Å². The Morgan fingerprint density at radius 1 is 1.06 bits per heavy atom. The highest BCUT2D eigenvalue weighted by molar-refractivity contribution is 6.19. The van der Waals surface area contributed by atoms with Crippen molar-refractivity contribution in [3.05, 3.63) is 72.3 Å². The van der Waals surface area contributed by atoms with Gasteiger partial charge in [-0.3, -0.25) is 14.4 Å². The van der Waals surface area contributed by atoms with Crippen LogP contribution in [0.2, 0.25) is 0 Å². The number of hydrogen-bond donors (Lipinski definition) is 0. The summed E-state index contributed by atoms with van der Waals surface area (Å²) in [5.41, 5.74) is -0.843. The van der Waals surface area contributed by atoms with Crippen molar-refractivity contribution < 1.29 is 28.6 Å². The van der Waals surface area contributed by atoms with E-state index in [4.69, 9.17) is 14.2 Å². The molecule has 0 N–H and O–H groups in total. The van der Waals surface area contributed by atoms with Gasteiger partial charge in [-0.15, -0.1) is 0 Å². The average Bonchev–Trinajstić information content (AvgIpc) is 2.90. The van der Waals surface area contributed by atoms with E-state index in [1.54, 1.807) is 12.2 Å². The van der Waals surface area contributed by atoms with Gasteiger partial charge in [0.25, 0.3) is 0 Å². The maximum Gasteiger partial charge on any atom is 0.323 e. The largest absolute Gasteiger partial charge is 0.468 e. The van der Waals surface area contributed by atoms with Gasteiger partial charge in [-0.25, -0.2) is 0 Å². The Labute approximate surface area is 211 Å². The molecule has 0 aromatic heterocycles. The smallest absolute Gasteiger partial charge is 0.323 e. The lowest BCUT2D eigenvalue weighted by Crippen LogP contribution is -2.60. The highest BCUT2D eigenvalue weighted by Crippen LogP contribution is 2.46. The highest BCUT2D eigenvalue weighted by atomic mass is 16.7. The molecule has 3 aliphatic rings.